The number of amides is 1. The zero-order valence-corrected chi connectivity index (χ0v) is 18.7. The van der Waals surface area contributed by atoms with Crippen molar-refractivity contribution in [2.24, 2.45) is 0 Å². The Kier molecular flexibility index (Phi) is 6.06. The molecule has 0 radical (unpaired) electrons. The highest BCUT2D eigenvalue weighted by atomic mass is 32.1. The molecule has 13 heteroatoms. The molecule has 0 fully saturated rings. The molecule has 0 aliphatic carbocycles. The van der Waals surface area contributed by atoms with E-state index in [9.17, 15) is 18.0 Å². The third kappa shape index (κ3) is 4.82. The Morgan fingerprint density at radius 2 is 2.03 bits per heavy atom. The van der Waals surface area contributed by atoms with Gasteiger partial charge in [-0.15, -0.1) is 0 Å². The fourth-order valence-corrected chi connectivity index (χ4v) is 3.93. The summed E-state index contributed by atoms with van der Waals surface area (Å²) in [4.78, 5) is 26.5. The number of nitrogens with zero attached hydrogens (tertiary/aromatic N) is 5. The fraction of sp³-hybridized carbons (Fsp3) is 0.350. The van der Waals surface area contributed by atoms with E-state index in [0.717, 1.165) is 35.7 Å². The number of hydrogen-bond acceptors (Lipinski definition) is 9. The van der Waals surface area contributed by atoms with Crippen LogP contribution in [0.1, 0.15) is 25.0 Å². The number of carbonyl (C=O) groups is 1. The fourth-order valence-electron chi connectivity index (χ4n) is 3.35. The van der Waals surface area contributed by atoms with E-state index in [-0.39, 0.29) is 10.9 Å². The first-order valence-electron chi connectivity index (χ1n) is 9.99. The van der Waals surface area contributed by atoms with Crippen molar-refractivity contribution in [3.8, 4) is 17.3 Å². The van der Waals surface area contributed by atoms with Crippen LogP contribution < -0.4 is 20.3 Å². The van der Waals surface area contributed by atoms with Gasteiger partial charge in [-0.25, -0.2) is 9.78 Å². The molecule has 2 N–H and O–H groups in total. The van der Waals surface area contributed by atoms with Gasteiger partial charge in [-0.1, -0.05) is 0 Å². The lowest BCUT2D eigenvalue weighted by molar-refractivity contribution is -0.137. The number of anilines is 3. The van der Waals surface area contributed by atoms with E-state index in [1.807, 2.05) is 12.3 Å². The molecule has 3 aromatic rings. The summed E-state index contributed by atoms with van der Waals surface area (Å²) in [6.07, 6.45) is -2.21. The number of alkyl halides is 3. The number of carbonyl (C=O) groups excluding carboxylic acids is 1. The van der Waals surface area contributed by atoms with Crippen LogP contribution in [0.15, 0.2) is 24.5 Å². The molecule has 1 amide bonds. The average molecular weight is 479 g/mol. The molecule has 4 rings (SSSR count). The second kappa shape index (κ2) is 8.81. The maximum absolute atomic E-state index is 13.1. The summed E-state index contributed by atoms with van der Waals surface area (Å²) in [5, 5.41) is 5.21. The molecular weight excluding hydrogens is 459 g/mol. The first kappa shape index (κ1) is 22.7. The molecule has 174 valence electrons. The monoisotopic (exact) mass is 479 g/mol. The van der Waals surface area contributed by atoms with Crippen LogP contribution >= 0.6 is 11.5 Å². The van der Waals surface area contributed by atoms with Crippen LogP contribution in [-0.4, -0.2) is 45.1 Å². The van der Waals surface area contributed by atoms with Gasteiger partial charge < -0.3 is 20.3 Å². The first-order chi connectivity index (χ1) is 15.7. The molecule has 3 aromatic heterocycles. The maximum atomic E-state index is 13.1. The Morgan fingerprint density at radius 1 is 1.24 bits per heavy atom. The summed E-state index contributed by atoms with van der Waals surface area (Å²) in [6, 6.07) is 2.96. The minimum atomic E-state index is -4.65. The number of rotatable bonds is 5. The maximum Gasteiger partial charge on any atom is 0.418 e. The van der Waals surface area contributed by atoms with Gasteiger partial charge in [-0.2, -0.15) is 22.5 Å². The number of ether oxygens (including phenoxy) is 1. The van der Waals surface area contributed by atoms with Crippen molar-refractivity contribution in [3.63, 3.8) is 0 Å². The molecule has 1 aliphatic heterocycles. The minimum Gasteiger partial charge on any atom is -0.406 e. The molecule has 0 spiro atoms. The summed E-state index contributed by atoms with van der Waals surface area (Å²) in [6.45, 7) is 5.16. The van der Waals surface area contributed by atoms with E-state index in [0.29, 0.717) is 29.8 Å². The van der Waals surface area contributed by atoms with Gasteiger partial charge in [0.25, 0.3) is 0 Å². The van der Waals surface area contributed by atoms with Crippen LogP contribution in [0.2, 0.25) is 0 Å². The van der Waals surface area contributed by atoms with E-state index >= 15 is 0 Å². The Balaban J connectivity index is 1.60. The zero-order chi connectivity index (χ0) is 23.8. The number of fused-ring (bicyclic) bond motifs is 1. The SMILES string of the molecule is CNC(=O)Oc1cc(C(F)(F)F)cnc1Nc1nc(-c2cc3c(cn2)CCN3C(C)C)ns1. The summed E-state index contributed by atoms with van der Waals surface area (Å²) in [5.41, 5.74) is 1.77. The van der Waals surface area contributed by atoms with Crippen molar-refractivity contribution in [3.05, 3.63) is 35.7 Å². The highest BCUT2D eigenvalue weighted by Gasteiger charge is 2.32. The normalized spacial score (nSPS) is 13.2. The number of nitrogens with one attached hydrogen (secondary N) is 2. The average Bonchev–Trinajstić information content (AvgIpc) is 3.40. The second-order valence-electron chi connectivity index (χ2n) is 7.49. The molecule has 0 saturated heterocycles. The summed E-state index contributed by atoms with van der Waals surface area (Å²) in [5.74, 6) is -0.145. The smallest absolute Gasteiger partial charge is 0.406 e. The molecule has 0 aromatic carbocycles. The Labute approximate surface area is 191 Å². The van der Waals surface area contributed by atoms with Crippen molar-refractivity contribution in [1.29, 1.82) is 0 Å². The number of hydrogen-bond donors (Lipinski definition) is 2. The van der Waals surface area contributed by atoms with Gasteiger partial charge in [0, 0.05) is 49.2 Å². The molecule has 33 heavy (non-hydrogen) atoms. The van der Waals surface area contributed by atoms with E-state index in [1.165, 1.54) is 7.05 Å². The summed E-state index contributed by atoms with van der Waals surface area (Å²) >= 11 is 0.979. The Hall–Kier alpha value is -3.48. The van der Waals surface area contributed by atoms with Gasteiger partial charge in [0.1, 0.15) is 5.69 Å². The molecule has 0 bridgehead atoms. The topological polar surface area (TPSA) is 105 Å². The lowest BCUT2D eigenvalue weighted by Crippen LogP contribution is -2.28. The highest BCUT2D eigenvalue weighted by molar-refractivity contribution is 7.09. The third-order valence-electron chi connectivity index (χ3n) is 4.98. The molecule has 0 saturated carbocycles. The molecule has 0 unspecified atom stereocenters. The predicted molar refractivity (Wildman–Crippen MR) is 117 cm³/mol. The van der Waals surface area contributed by atoms with Crippen molar-refractivity contribution in [2.45, 2.75) is 32.5 Å². The first-order valence-corrected chi connectivity index (χ1v) is 10.8. The van der Waals surface area contributed by atoms with E-state index in [4.69, 9.17) is 4.74 Å². The highest BCUT2D eigenvalue weighted by Crippen LogP contribution is 2.36. The third-order valence-corrected chi connectivity index (χ3v) is 5.61. The van der Waals surface area contributed by atoms with E-state index in [2.05, 4.69) is 48.7 Å². The zero-order valence-electron chi connectivity index (χ0n) is 17.9. The van der Waals surface area contributed by atoms with Crippen LogP contribution in [0.3, 0.4) is 0 Å². The largest absolute Gasteiger partial charge is 0.418 e. The molecule has 0 atom stereocenters. The van der Waals surface area contributed by atoms with Gasteiger partial charge in [0.2, 0.25) is 5.13 Å². The molecule has 9 nitrogen and oxygen atoms in total. The van der Waals surface area contributed by atoms with Crippen LogP contribution in [0.25, 0.3) is 11.5 Å². The van der Waals surface area contributed by atoms with Crippen molar-refractivity contribution >= 4 is 34.3 Å². The van der Waals surface area contributed by atoms with Crippen molar-refractivity contribution < 1.29 is 22.7 Å². The standard InChI is InChI=1S/C20H20F3N7O2S/c1-10(2)30-5-4-11-8-25-13(7-14(11)30)16-27-18(33-29-16)28-17-15(32-19(31)24-3)6-12(9-26-17)20(21,22)23/h6-10H,4-5H2,1-3H3,(H,24,31)(H,26,27,28,29). The van der Waals surface area contributed by atoms with E-state index in [1.54, 1.807) is 0 Å². The molecule has 4 heterocycles. The van der Waals surface area contributed by atoms with Gasteiger partial charge in [0.05, 0.1) is 5.56 Å². The van der Waals surface area contributed by atoms with Crippen LogP contribution in [0, 0.1) is 0 Å². The lowest BCUT2D eigenvalue weighted by Gasteiger charge is -2.23. The molecule has 1 aliphatic rings. The molecular formula is C20H20F3N7O2S. The minimum absolute atomic E-state index is 0.109. The van der Waals surface area contributed by atoms with E-state index < -0.39 is 23.6 Å². The van der Waals surface area contributed by atoms with Crippen LogP contribution in [0.4, 0.5) is 34.6 Å². The summed E-state index contributed by atoms with van der Waals surface area (Å²) in [7, 11) is 1.29. The summed E-state index contributed by atoms with van der Waals surface area (Å²) < 4.78 is 48.4. The van der Waals surface area contributed by atoms with Crippen LogP contribution in [0.5, 0.6) is 5.75 Å². The van der Waals surface area contributed by atoms with Crippen molar-refractivity contribution in [2.75, 3.05) is 23.8 Å². The number of aromatic nitrogens is 4. The van der Waals surface area contributed by atoms with Gasteiger partial charge in [0.15, 0.2) is 17.4 Å². The Morgan fingerprint density at radius 3 is 2.73 bits per heavy atom. The van der Waals surface area contributed by atoms with Crippen LogP contribution in [-0.2, 0) is 12.6 Å². The number of halogens is 3. The quantitative estimate of drug-likeness (QED) is 0.560. The number of pyridine rings is 2. The Bertz CT molecular complexity index is 1180. The van der Waals surface area contributed by atoms with Gasteiger partial charge >= 0.3 is 12.3 Å². The van der Waals surface area contributed by atoms with Gasteiger partial charge in [-0.05, 0) is 38.0 Å². The lowest BCUT2D eigenvalue weighted by atomic mass is 10.2. The second-order valence-corrected chi connectivity index (χ2v) is 8.24. The van der Waals surface area contributed by atoms with Crippen molar-refractivity contribution in [1.82, 2.24) is 24.6 Å². The van der Waals surface area contributed by atoms with Gasteiger partial charge in [-0.3, -0.25) is 4.98 Å². The predicted octanol–water partition coefficient (Wildman–Crippen LogP) is 4.25.